The predicted octanol–water partition coefficient (Wildman–Crippen LogP) is 5.68. The Kier molecular flexibility index (Phi) is 1.12. The van der Waals surface area contributed by atoms with Gasteiger partial charge in [0.1, 0.15) is 0 Å². The van der Waals surface area contributed by atoms with E-state index in [2.05, 4.69) is 15.9 Å². The molecule has 0 amide bonds. The smallest absolute Gasteiger partial charge is 0.0619 e. The van der Waals surface area contributed by atoms with Crippen LogP contribution in [0.25, 0.3) is 11.1 Å². The standard InChI is InChI=1S/C18H17Br/c19-13-8-9-15-14-6-2-3-7-16(14)18(17(15)12-13)10-4-1-5-11-18/h2-3,6-9,12H,1,4-5,10-11H2/i2D,3D,6D,7D,8D,9D,10D2,11D2,12D. The summed E-state index contributed by atoms with van der Waals surface area (Å²) in [6, 6.07) is -3.45. The van der Waals surface area contributed by atoms with Crippen molar-refractivity contribution in [2.75, 3.05) is 0 Å². The lowest BCUT2D eigenvalue weighted by atomic mass is 9.68. The summed E-state index contributed by atoms with van der Waals surface area (Å²) in [5.41, 5.74) is -2.96. The third kappa shape index (κ3) is 1.57. The van der Waals surface area contributed by atoms with Crippen LogP contribution in [0.15, 0.2) is 46.8 Å². The van der Waals surface area contributed by atoms with Crippen LogP contribution in [0.1, 0.15) is 58.2 Å². The van der Waals surface area contributed by atoms with Gasteiger partial charge >= 0.3 is 0 Å². The second-order valence-electron chi connectivity index (χ2n) is 4.65. The van der Waals surface area contributed by atoms with Crippen LogP contribution >= 0.6 is 15.9 Å². The molecule has 19 heavy (non-hydrogen) atoms. The Morgan fingerprint density at radius 3 is 2.53 bits per heavy atom. The highest BCUT2D eigenvalue weighted by molar-refractivity contribution is 9.10. The molecule has 0 heterocycles. The summed E-state index contributed by atoms with van der Waals surface area (Å²) in [6.07, 6.45) is -4.49. The van der Waals surface area contributed by atoms with Crippen molar-refractivity contribution in [3.8, 4) is 11.1 Å². The van der Waals surface area contributed by atoms with Gasteiger partial charge in [0.25, 0.3) is 0 Å². The molecule has 2 aliphatic carbocycles. The molecule has 2 aliphatic rings. The van der Waals surface area contributed by atoms with Gasteiger partial charge in [0.15, 0.2) is 0 Å². The highest BCUT2D eigenvalue weighted by atomic mass is 79.9. The van der Waals surface area contributed by atoms with Gasteiger partial charge in [0.05, 0.1) is 9.60 Å². The van der Waals surface area contributed by atoms with Gasteiger partial charge in [-0.2, -0.15) is 0 Å². The first-order valence-corrected chi connectivity index (χ1v) is 6.94. The quantitative estimate of drug-likeness (QED) is 0.585. The summed E-state index contributed by atoms with van der Waals surface area (Å²) in [4.78, 5) is 0. The van der Waals surface area contributed by atoms with E-state index in [9.17, 15) is 0 Å². The zero-order chi connectivity index (χ0) is 22.5. The average molecular weight is 324 g/mol. The zero-order valence-corrected chi connectivity index (χ0v) is 11.6. The highest BCUT2D eigenvalue weighted by Gasteiger charge is 2.43. The molecule has 0 N–H and O–H groups in total. The van der Waals surface area contributed by atoms with Gasteiger partial charge in [-0.1, -0.05) is 65.4 Å². The molecule has 2 aromatic carbocycles. The lowest BCUT2D eigenvalue weighted by Gasteiger charge is -2.36. The molecule has 0 aliphatic heterocycles. The number of fused-ring (bicyclic) bond motifs is 5. The van der Waals surface area contributed by atoms with Crippen molar-refractivity contribution in [3.63, 3.8) is 0 Å². The summed E-state index contributed by atoms with van der Waals surface area (Å²) in [5.74, 6) is 0. The molecule has 96 valence electrons. The van der Waals surface area contributed by atoms with E-state index in [0.717, 1.165) is 0 Å². The monoisotopic (exact) mass is 323 g/mol. The number of rotatable bonds is 0. The molecule has 2 aromatic rings. The molecule has 4 rings (SSSR count). The first-order chi connectivity index (χ1) is 13.7. The Bertz CT molecular complexity index is 1040. The molecule has 0 radical (unpaired) electrons. The van der Waals surface area contributed by atoms with Gasteiger partial charge in [-0.15, -0.1) is 0 Å². The third-order valence-electron chi connectivity index (χ3n) is 3.60. The van der Waals surface area contributed by atoms with E-state index in [1.807, 2.05) is 0 Å². The van der Waals surface area contributed by atoms with Crippen LogP contribution in [-0.2, 0) is 5.41 Å². The van der Waals surface area contributed by atoms with E-state index in [4.69, 9.17) is 15.1 Å². The van der Waals surface area contributed by atoms with Crippen LogP contribution in [0.3, 0.4) is 0 Å². The maximum Gasteiger partial charge on any atom is 0.0638 e. The van der Waals surface area contributed by atoms with Crippen LogP contribution in [-0.4, -0.2) is 0 Å². The maximum atomic E-state index is 8.84. The normalized spacial score (nSPS) is 32.8. The van der Waals surface area contributed by atoms with E-state index in [-0.39, 0.29) is 58.1 Å². The van der Waals surface area contributed by atoms with Crippen molar-refractivity contribution in [3.05, 3.63) is 57.9 Å². The Balaban J connectivity index is 2.40. The van der Waals surface area contributed by atoms with Gasteiger partial charge in [-0.3, -0.25) is 0 Å². The van der Waals surface area contributed by atoms with E-state index in [1.54, 1.807) is 0 Å². The fourth-order valence-corrected chi connectivity index (χ4v) is 3.11. The second kappa shape index (κ2) is 4.21. The number of halogens is 1. The molecule has 1 heteroatoms. The van der Waals surface area contributed by atoms with Crippen LogP contribution in [0.4, 0.5) is 0 Å². The van der Waals surface area contributed by atoms with Gasteiger partial charge < -0.3 is 0 Å². The molecule has 0 atom stereocenters. The summed E-state index contributed by atoms with van der Waals surface area (Å²) in [6.45, 7) is 0. The molecule has 0 bridgehead atoms. The first kappa shape index (κ1) is 5.04. The van der Waals surface area contributed by atoms with Crippen molar-refractivity contribution in [1.82, 2.24) is 0 Å². The minimum atomic E-state index is -2.29. The van der Waals surface area contributed by atoms with Gasteiger partial charge in [0.2, 0.25) is 0 Å². The Morgan fingerprint density at radius 2 is 1.68 bits per heavy atom. The SMILES string of the molecule is [2H]c1c([2H])c([2H])c2c(c1[2H])-c1c([2H])c([2H])c(Br)c([2H])c1C21C([2H])([2H])CCCC1([2H])[2H]. The molecule has 0 aromatic heterocycles. The van der Waals surface area contributed by atoms with E-state index in [1.165, 1.54) is 0 Å². The number of hydrogen-bond acceptors (Lipinski definition) is 0. The van der Waals surface area contributed by atoms with Crippen LogP contribution < -0.4 is 0 Å². The number of benzene rings is 2. The van der Waals surface area contributed by atoms with Gasteiger partial charge in [-0.05, 0) is 47.1 Å². The third-order valence-corrected chi connectivity index (χ3v) is 4.00. The summed E-state index contributed by atoms with van der Waals surface area (Å²) in [7, 11) is 0. The van der Waals surface area contributed by atoms with Crippen LogP contribution in [0.5, 0.6) is 0 Å². The fourth-order valence-electron chi connectivity index (χ4n) is 2.81. The van der Waals surface area contributed by atoms with Crippen LogP contribution in [0.2, 0.25) is 0 Å². The fraction of sp³-hybridized carbons (Fsp3) is 0.333. The van der Waals surface area contributed by atoms with E-state index >= 15 is 0 Å². The van der Waals surface area contributed by atoms with Crippen molar-refractivity contribution in [1.29, 1.82) is 0 Å². The largest absolute Gasteiger partial charge is 0.0638 e. The Labute approximate surface area is 138 Å². The molecular formula is C18H17Br. The molecule has 0 saturated heterocycles. The average Bonchev–Trinajstić information content (AvgIpc) is 3.00. The lowest BCUT2D eigenvalue weighted by Crippen LogP contribution is -2.27. The summed E-state index contributed by atoms with van der Waals surface area (Å²) in [5, 5.41) is 0. The molecule has 0 unspecified atom stereocenters. The summed E-state index contributed by atoms with van der Waals surface area (Å²) < 4.78 is 93.8. The second-order valence-corrected chi connectivity index (χ2v) is 5.44. The first-order valence-electron chi connectivity index (χ1n) is 11.6. The predicted molar refractivity (Wildman–Crippen MR) is 83.4 cm³/mol. The molecule has 1 spiro atoms. The molecule has 1 fully saturated rings. The molecular weight excluding hydrogens is 296 g/mol. The van der Waals surface area contributed by atoms with Crippen molar-refractivity contribution in [2.45, 2.75) is 37.4 Å². The van der Waals surface area contributed by atoms with Crippen LogP contribution in [0, 0.1) is 0 Å². The van der Waals surface area contributed by atoms with E-state index in [0.29, 0.717) is 0 Å². The van der Waals surface area contributed by atoms with Crippen molar-refractivity contribution in [2.24, 2.45) is 0 Å². The van der Waals surface area contributed by atoms with E-state index < -0.39 is 48.4 Å². The highest BCUT2D eigenvalue weighted by Crippen LogP contribution is 2.55. The number of hydrogen-bond donors (Lipinski definition) is 0. The molecule has 0 nitrogen and oxygen atoms in total. The Morgan fingerprint density at radius 1 is 0.947 bits per heavy atom. The topological polar surface area (TPSA) is 0 Å². The Hall–Kier alpha value is -1.08. The van der Waals surface area contributed by atoms with Crippen molar-refractivity contribution < 1.29 is 15.1 Å². The molecule has 1 saturated carbocycles. The van der Waals surface area contributed by atoms with Crippen molar-refractivity contribution >= 4 is 15.9 Å². The maximum absolute atomic E-state index is 8.84. The van der Waals surface area contributed by atoms with Gasteiger partial charge in [-0.25, -0.2) is 0 Å². The summed E-state index contributed by atoms with van der Waals surface area (Å²) >= 11 is 3.11. The lowest BCUT2D eigenvalue weighted by molar-refractivity contribution is 0.352. The minimum Gasteiger partial charge on any atom is -0.0619 e. The minimum absolute atomic E-state index is 0.0683. The van der Waals surface area contributed by atoms with Gasteiger partial charge in [0, 0.05) is 15.4 Å². The zero-order valence-electron chi connectivity index (χ0n) is 21.0.